The van der Waals surface area contributed by atoms with Crippen molar-refractivity contribution in [2.24, 2.45) is 0 Å². The fourth-order valence-corrected chi connectivity index (χ4v) is 4.12. The second-order valence-electron chi connectivity index (χ2n) is 6.38. The molecule has 1 aromatic rings. The Kier molecular flexibility index (Phi) is 7.17. The number of carbonyl (C=O) groups is 2. The Morgan fingerprint density at radius 3 is 2.88 bits per heavy atom. The summed E-state index contributed by atoms with van der Waals surface area (Å²) in [5, 5.41) is 12.4. The van der Waals surface area contributed by atoms with Crippen LogP contribution >= 0.6 is 11.3 Å². The van der Waals surface area contributed by atoms with Crippen molar-refractivity contribution in [1.82, 2.24) is 14.8 Å². The maximum Gasteiger partial charge on any atom is 0.323 e. The van der Waals surface area contributed by atoms with E-state index in [-0.39, 0.29) is 18.5 Å². The summed E-state index contributed by atoms with van der Waals surface area (Å²) < 4.78 is 0. The van der Waals surface area contributed by atoms with Crippen LogP contribution in [0.5, 0.6) is 0 Å². The van der Waals surface area contributed by atoms with E-state index in [0.29, 0.717) is 0 Å². The molecule has 1 saturated heterocycles. The molecular formula is C17H27N3O3S. The zero-order valence-corrected chi connectivity index (χ0v) is 15.3. The molecular weight excluding hydrogens is 326 g/mol. The minimum absolute atomic E-state index is 0.0229. The molecule has 7 heteroatoms. The number of hydrogen-bond acceptors (Lipinski definition) is 5. The van der Waals surface area contributed by atoms with Gasteiger partial charge in [-0.15, -0.1) is 11.3 Å². The molecule has 1 aliphatic heterocycles. The second-order valence-corrected chi connectivity index (χ2v) is 7.33. The lowest BCUT2D eigenvalue weighted by Crippen LogP contribution is -2.42. The predicted molar refractivity (Wildman–Crippen MR) is 94.0 cm³/mol. The Labute approximate surface area is 147 Å². The lowest BCUT2D eigenvalue weighted by Gasteiger charge is -2.28. The minimum Gasteiger partial charge on any atom is -0.480 e. The number of amides is 1. The number of aliphatic carboxylic acids is 1. The Bertz CT molecular complexity index is 561. The first kappa shape index (κ1) is 18.9. The molecule has 0 radical (unpaired) electrons. The van der Waals surface area contributed by atoms with Crippen LogP contribution in [-0.4, -0.2) is 57.4 Å². The third-order valence-corrected chi connectivity index (χ3v) is 5.35. The maximum atomic E-state index is 11.8. The van der Waals surface area contributed by atoms with E-state index in [1.165, 1.54) is 16.8 Å². The third-order valence-electron chi connectivity index (χ3n) is 4.39. The van der Waals surface area contributed by atoms with Gasteiger partial charge in [-0.3, -0.25) is 14.5 Å². The summed E-state index contributed by atoms with van der Waals surface area (Å²) in [5.41, 5.74) is 1.12. The van der Waals surface area contributed by atoms with Gasteiger partial charge in [0.25, 0.3) is 0 Å². The highest BCUT2D eigenvalue weighted by Gasteiger charge is 2.26. The van der Waals surface area contributed by atoms with Crippen molar-refractivity contribution in [2.75, 3.05) is 19.6 Å². The smallest absolute Gasteiger partial charge is 0.323 e. The van der Waals surface area contributed by atoms with Crippen LogP contribution in [0.4, 0.5) is 0 Å². The Morgan fingerprint density at radius 2 is 2.21 bits per heavy atom. The molecule has 1 unspecified atom stereocenters. The number of nitrogens with zero attached hydrogens (tertiary/aromatic N) is 3. The van der Waals surface area contributed by atoms with E-state index < -0.39 is 5.97 Å². The number of hydrogen-bond donors (Lipinski definition) is 1. The molecule has 0 bridgehead atoms. The van der Waals surface area contributed by atoms with E-state index in [9.17, 15) is 9.59 Å². The summed E-state index contributed by atoms with van der Waals surface area (Å²) in [6.07, 6.45) is 4.80. The van der Waals surface area contributed by atoms with Crippen molar-refractivity contribution < 1.29 is 14.7 Å². The SMILES string of the molecule is CCCc1nc(CN2CCCC(N(CC(=O)O)C(C)=O)CC2)cs1. The summed E-state index contributed by atoms with van der Waals surface area (Å²) in [6, 6.07) is 0.0229. The van der Waals surface area contributed by atoms with Gasteiger partial charge in [0.05, 0.1) is 10.7 Å². The quantitative estimate of drug-likeness (QED) is 0.815. The minimum atomic E-state index is -0.947. The molecule has 24 heavy (non-hydrogen) atoms. The summed E-state index contributed by atoms with van der Waals surface area (Å²) in [6.45, 7) is 6.09. The largest absolute Gasteiger partial charge is 0.480 e. The third kappa shape index (κ3) is 5.56. The molecule has 0 aliphatic carbocycles. The first-order valence-corrected chi connectivity index (χ1v) is 9.52. The summed E-state index contributed by atoms with van der Waals surface area (Å²) >= 11 is 1.73. The molecule has 1 fully saturated rings. The van der Waals surface area contributed by atoms with Crippen LogP contribution in [0.2, 0.25) is 0 Å². The van der Waals surface area contributed by atoms with Crippen LogP contribution in [0.1, 0.15) is 50.2 Å². The van der Waals surface area contributed by atoms with Crippen molar-refractivity contribution >= 4 is 23.2 Å². The molecule has 0 saturated carbocycles. The van der Waals surface area contributed by atoms with Crippen LogP contribution in [0.15, 0.2) is 5.38 Å². The molecule has 1 aromatic heterocycles. The molecule has 0 spiro atoms. The number of aryl methyl sites for hydroxylation is 1. The molecule has 134 valence electrons. The van der Waals surface area contributed by atoms with Crippen molar-refractivity contribution in [3.05, 3.63) is 16.1 Å². The highest BCUT2D eigenvalue weighted by molar-refractivity contribution is 7.09. The van der Waals surface area contributed by atoms with Crippen molar-refractivity contribution in [3.63, 3.8) is 0 Å². The van der Waals surface area contributed by atoms with E-state index in [0.717, 1.165) is 57.4 Å². The van der Waals surface area contributed by atoms with Crippen molar-refractivity contribution in [1.29, 1.82) is 0 Å². The number of carboxylic acids is 1. The second kappa shape index (κ2) is 9.13. The molecule has 2 heterocycles. The standard InChI is InChI=1S/C17H27N3O3S/c1-3-5-16-18-14(12-24-16)10-19-8-4-6-15(7-9-19)20(13(2)21)11-17(22)23/h12,15H,3-11H2,1-2H3,(H,22,23). The molecule has 1 aliphatic rings. The molecule has 1 amide bonds. The zero-order chi connectivity index (χ0) is 17.5. The monoisotopic (exact) mass is 353 g/mol. The average molecular weight is 353 g/mol. The summed E-state index contributed by atoms with van der Waals surface area (Å²) in [5.74, 6) is -1.10. The zero-order valence-electron chi connectivity index (χ0n) is 14.5. The molecule has 2 rings (SSSR count). The highest BCUT2D eigenvalue weighted by atomic mass is 32.1. The van der Waals surface area contributed by atoms with Crippen LogP contribution in [0.25, 0.3) is 0 Å². The lowest BCUT2D eigenvalue weighted by atomic mass is 10.1. The lowest BCUT2D eigenvalue weighted by molar-refractivity contribution is -0.145. The van der Waals surface area contributed by atoms with E-state index >= 15 is 0 Å². The van der Waals surface area contributed by atoms with Crippen LogP contribution in [-0.2, 0) is 22.6 Å². The van der Waals surface area contributed by atoms with E-state index in [4.69, 9.17) is 5.11 Å². The fraction of sp³-hybridized carbons (Fsp3) is 0.706. The molecule has 0 aromatic carbocycles. The first-order chi connectivity index (χ1) is 11.5. The van der Waals surface area contributed by atoms with Gasteiger partial charge < -0.3 is 10.0 Å². The fourth-order valence-electron chi connectivity index (χ4n) is 3.23. The number of rotatable bonds is 7. The Balaban J connectivity index is 1.91. The molecule has 1 N–H and O–H groups in total. The van der Waals surface area contributed by atoms with E-state index in [1.54, 1.807) is 11.3 Å². The van der Waals surface area contributed by atoms with Gasteiger partial charge >= 0.3 is 5.97 Å². The van der Waals surface area contributed by atoms with Gasteiger partial charge in [-0.2, -0.15) is 0 Å². The van der Waals surface area contributed by atoms with Gasteiger partial charge in [-0.1, -0.05) is 6.92 Å². The van der Waals surface area contributed by atoms with Gasteiger partial charge in [0.2, 0.25) is 5.91 Å². The van der Waals surface area contributed by atoms with E-state index in [1.807, 2.05) is 0 Å². The van der Waals surface area contributed by atoms with Crippen LogP contribution < -0.4 is 0 Å². The van der Waals surface area contributed by atoms with Gasteiger partial charge in [0, 0.05) is 31.4 Å². The maximum absolute atomic E-state index is 11.8. The number of carboxylic acid groups (broad SMARTS) is 1. The number of thiazole rings is 1. The Morgan fingerprint density at radius 1 is 1.42 bits per heavy atom. The van der Waals surface area contributed by atoms with Crippen molar-refractivity contribution in [2.45, 2.75) is 58.5 Å². The summed E-state index contributed by atoms with van der Waals surface area (Å²) in [7, 11) is 0. The number of aromatic nitrogens is 1. The predicted octanol–water partition coefficient (Wildman–Crippen LogP) is 2.38. The van der Waals surface area contributed by atoms with Gasteiger partial charge in [0.15, 0.2) is 0 Å². The number of likely N-dealkylation sites (tertiary alicyclic amines) is 1. The topological polar surface area (TPSA) is 73.7 Å². The van der Waals surface area contributed by atoms with Gasteiger partial charge in [-0.05, 0) is 38.6 Å². The highest BCUT2D eigenvalue weighted by Crippen LogP contribution is 2.20. The average Bonchev–Trinajstić information content (AvgIpc) is 2.82. The Hall–Kier alpha value is -1.47. The van der Waals surface area contributed by atoms with E-state index in [2.05, 4.69) is 22.2 Å². The van der Waals surface area contributed by atoms with Gasteiger partial charge in [0.1, 0.15) is 6.54 Å². The van der Waals surface area contributed by atoms with Crippen LogP contribution in [0, 0.1) is 0 Å². The summed E-state index contributed by atoms with van der Waals surface area (Å²) in [4.78, 5) is 31.3. The van der Waals surface area contributed by atoms with Crippen molar-refractivity contribution in [3.8, 4) is 0 Å². The molecule has 6 nitrogen and oxygen atoms in total. The van der Waals surface area contributed by atoms with Gasteiger partial charge in [-0.25, -0.2) is 4.98 Å². The molecule has 1 atom stereocenters. The normalized spacial score (nSPS) is 19.0. The van der Waals surface area contributed by atoms with Crippen LogP contribution in [0.3, 0.4) is 0 Å². The number of carbonyl (C=O) groups excluding carboxylic acids is 1. The first-order valence-electron chi connectivity index (χ1n) is 8.64.